The van der Waals surface area contributed by atoms with Crippen LogP contribution in [-0.2, 0) is 14.8 Å². The molecule has 0 aromatic rings. The average Bonchev–Trinajstić information content (AvgIpc) is 2.25. The minimum Gasteiger partial charge on any atom is -0.383 e. The van der Waals surface area contributed by atoms with E-state index in [1.165, 1.54) is 10.6 Å². The molecule has 110 valence electrons. The van der Waals surface area contributed by atoms with Gasteiger partial charge in [0.2, 0.25) is 10.0 Å². The fourth-order valence-electron chi connectivity index (χ4n) is 1.77. The van der Waals surface area contributed by atoms with Crippen LogP contribution in [0, 0.1) is 5.92 Å². The molecule has 0 aliphatic rings. The summed E-state index contributed by atoms with van der Waals surface area (Å²) in [6, 6.07) is 0.323. The van der Waals surface area contributed by atoms with Gasteiger partial charge in [0.05, 0.1) is 12.9 Å². The molecule has 1 unspecified atom stereocenters. The fourth-order valence-corrected chi connectivity index (χ4v) is 2.70. The lowest BCUT2D eigenvalue weighted by molar-refractivity contribution is 0.147. The predicted octanol–water partition coefficient (Wildman–Crippen LogP) is 0.919. The fraction of sp³-hybridized carbons (Fsp3) is 1.00. The number of sulfonamides is 1. The molecule has 5 nitrogen and oxygen atoms in total. The molecule has 0 rings (SSSR count). The van der Waals surface area contributed by atoms with E-state index < -0.39 is 10.0 Å². The smallest absolute Gasteiger partial charge is 0.211 e. The third kappa shape index (κ3) is 7.31. The van der Waals surface area contributed by atoms with E-state index >= 15 is 0 Å². The first-order valence-electron chi connectivity index (χ1n) is 6.50. The van der Waals surface area contributed by atoms with E-state index in [9.17, 15) is 8.42 Å². The van der Waals surface area contributed by atoms with Gasteiger partial charge in [-0.2, -0.15) is 0 Å². The van der Waals surface area contributed by atoms with E-state index in [0.717, 1.165) is 13.0 Å². The largest absolute Gasteiger partial charge is 0.383 e. The van der Waals surface area contributed by atoms with Crippen LogP contribution in [0.3, 0.4) is 0 Å². The maximum absolute atomic E-state index is 11.4. The lowest BCUT2D eigenvalue weighted by atomic mass is 10.1. The first kappa shape index (κ1) is 17.8. The van der Waals surface area contributed by atoms with Crippen LogP contribution in [0.1, 0.15) is 27.2 Å². The maximum atomic E-state index is 11.4. The number of hydrogen-bond donors (Lipinski definition) is 1. The number of hydrogen-bond acceptors (Lipinski definition) is 4. The Kier molecular flexibility index (Phi) is 8.77. The lowest BCUT2D eigenvalue weighted by Crippen LogP contribution is -2.39. The van der Waals surface area contributed by atoms with E-state index in [2.05, 4.69) is 19.2 Å². The summed E-state index contributed by atoms with van der Waals surface area (Å²) in [6.45, 7) is 8.73. The molecule has 1 atom stereocenters. The first-order valence-corrected chi connectivity index (χ1v) is 8.35. The number of nitrogens with one attached hydrogen (secondary N) is 1. The Balaban J connectivity index is 3.97. The molecule has 0 aromatic carbocycles. The van der Waals surface area contributed by atoms with Crippen LogP contribution in [0.15, 0.2) is 0 Å². The van der Waals surface area contributed by atoms with Crippen molar-refractivity contribution in [2.24, 2.45) is 5.92 Å². The van der Waals surface area contributed by atoms with Crippen molar-refractivity contribution in [3.05, 3.63) is 0 Å². The Morgan fingerprint density at radius 1 is 1.33 bits per heavy atom. The van der Waals surface area contributed by atoms with Gasteiger partial charge in [0, 0.05) is 26.2 Å². The van der Waals surface area contributed by atoms with Gasteiger partial charge in [-0.15, -0.1) is 0 Å². The van der Waals surface area contributed by atoms with Gasteiger partial charge in [-0.05, 0) is 18.9 Å². The Morgan fingerprint density at radius 2 is 1.94 bits per heavy atom. The highest BCUT2D eigenvalue weighted by Gasteiger charge is 2.15. The van der Waals surface area contributed by atoms with Crippen LogP contribution in [0.2, 0.25) is 0 Å². The Bertz CT molecular complexity index is 304. The van der Waals surface area contributed by atoms with Gasteiger partial charge in [0.1, 0.15) is 0 Å². The zero-order valence-electron chi connectivity index (χ0n) is 12.3. The average molecular weight is 280 g/mol. The second-order valence-corrected chi connectivity index (χ2v) is 6.85. The molecule has 18 heavy (non-hydrogen) atoms. The molecule has 0 aromatic heterocycles. The number of rotatable bonds is 10. The number of methoxy groups -OCH3 is 1. The van der Waals surface area contributed by atoms with Crippen LogP contribution in [0.25, 0.3) is 0 Å². The van der Waals surface area contributed by atoms with Crippen LogP contribution in [-0.4, -0.2) is 58.4 Å². The second-order valence-electron chi connectivity index (χ2n) is 4.87. The standard InChI is InChI=1S/C12H28N2O3S/c1-6-14(18(5,15)16)9-7-8-13-12(10-17-4)11(2)3/h11-13H,6-10H2,1-5H3. The molecule has 0 spiro atoms. The van der Waals surface area contributed by atoms with Crippen LogP contribution in [0.4, 0.5) is 0 Å². The van der Waals surface area contributed by atoms with Gasteiger partial charge in [-0.1, -0.05) is 20.8 Å². The lowest BCUT2D eigenvalue weighted by Gasteiger charge is -2.23. The van der Waals surface area contributed by atoms with E-state index in [-0.39, 0.29) is 0 Å². The topological polar surface area (TPSA) is 58.6 Å². The van der Waals surface area contributed by atoms with Crippen LogP contribution in [0.5, 0.6) is 0 Å². The van der Waals surface area contributed by atoms with Gasteiger partial charge in [0.25, 0.3) is 0 Å². The van der Waals surface area contributed by atoms with Gasteiger partial charge in [-0.3, -0.25) is 0 Å². The molecule has 6 heteroatoms. The summed E-state index contributed by atoms with van der Waals surface area (Å²) < 4.78 is 29.4. The van der Waals surface area contributed by atoms with Crippen molar-refractivity contribution in [3.63, 3.8) is 0 Å². The Morgan fingerprint density at radius 3 is 2.33 bits per heavy atom. The minimum absolute atomic E-state index is 0.323. The Hall–Kier alpha value is -0.170. The summed E-state index contributed by atoms with van der Waals surface area (Å²) in [5, 5.41) is 3.40. The molecule has 0 saturated carbocycles. The molecule has 0 radical (unpaired) electrons. The summed E-state index contributed by atoms with van der Waals surface area (Å²) >= 11 is 0. The highest BCUT2D eigenvalue weighted by Crippen LogP contribution is 2.03. The monoisotopic (exact) mass is 280 g/mol. The molecule has 1 N–H and O–H groups in total. The highest BCUT2D eigenvalue weighted by molar-refractivity contribution is 7.88. The zero-order chi connectivity index (χ0) is 14.2. The summed E-state index contributed by atoms with van der Waals surface area (Å²) in [5.74, 6) is 0.502. The molecule has 0 aliphatic carbocycles. The number of nitrogens with zero attached hydrogens (tertiary/aromatic N) is 1. The van der Waals surface area contributed by atoms with Crippen molar-refractivity contribution in [1.82, 2.24) is 9.62 Å². The molecule has 0 heterocycles. The van der Waals surface area contributed by atoms with Crippen molar-refractivity contribution in [2.75, 3.05) is 39.6 Å². The molecular weight excluding hydrogens is 252 g/mol. The normalized spacial score (nSPS) is 14.4. The molecular formula is C12H28N2O3S. The van der Waals surface area contributed by atoms with Crippen LogP contribution < -0.4 is 5.32 Å². The van der Waals surface area contributed by atoms with Crippen molar-refractivity contribution in [1.29, 1.82) is 0 Å². The van der Waals surface area contributed by atoms with E-state index in [1.807, 2.05) is 6.92 Å². The summed E-state index contributed by atoms with van der Waals surface area (Å²) in [6.07, 6.45) is 2.07. The molecule has 0 bridgehead atoms. The van der Waals surface area contributed by atoms with E-state index in [1.54, 1.807) is 7.11 Å². The first-order chi connectivity index (χ1) is 8.32. The van der Waals surface area contributed by atoms with Gasteiger partial charge >= 0.3 is 0 Å². The third-order valence-corrected chi connectivity index (χ3v) is 4.34. The quantitative estimate of drug-likeness (QED) is 0.605. The predicted molar refractivity (Wildman–Crippen MR) is 75.2 cm³/mol. The summed E-state index contributed by atoms with van der Waals surface area (Å²) in [5.41, 5.74) is 0. The second kappa shape index (κ2) is 8.85. The third-order valence-electron chi connectivity index (χ3n) is 2.96. The molecule has 0 aliphatic heterocycles. The summed E-state index contributed by atoms with van der Waals surface area (Å²) in [4.78, 5) is 0. The van der Waals surface area contributed by atoms with E-state index in [4.69, 9.17) is 4.74 Å². The van der Waals surface area contributed by atoms with Crippen molar-refractivity contribution in [3.8, 4) is 0 Å². The van der Waals surface area contributed by atoms with Gasteiger partial charge < -0.3 is 10.1 Å². The number of ether oxygens (including phenoxy) is 1. The summed E-state index contributed by atoms with van der Waals surface area (Å²) in [7, 11) is -1.37. The van der Waals surface area contributed by atoms with Gasteiger partial charge in [-0.25, -0.2) is 12.7 Å². The van der Waals surface area contributed by atoms with Crippen molar-refractivity contribution < 1.29 is 13.2 Å². The minimum atomic E-state index is -3.06. The van der Waals surface area contributed by atoms with Crippen molar-refractivity contribution >= 4 is 10.0 Å². The maximum Gasteiger partial charge on any atom is 0.211 e. The highest BCUT2D eigenvalue weighted by atomic mass is 32.2. The van der Waals surface area contributed by atoms with E-state index in [0.29, 0.717) is 31.7 Å². The van der Waals surface area contributed by atoms with Gasteiger partial charge in [0.15, 0.2) is 0 Å². The SMILES string of the molecule is CCN(CCCNC(COC)C(C)C)S(C)(=O)=O. The van der Waals surface area contributed by atoms with Crippen LogP contribution >= 0.6 is 0 Å². The Labute approximate surface area is 112 Å². The molecule has 0 amide bonds. The zero-order valence-corrected chi connectivity index (χ0v) is 13.1. The molecule has 0 saturated heterocycles. The molecule has 0 fully saturated rings. The van der Waals surface area contributed by atoms with Crippen molar-refractivity contribution in [2.45, 2.75) is 33.2 Å².